The molecule has 6 heteroatoms. The van der Waals surface area contributed by atoms with E-state index in [1.165, 1.54) is 0 Å². The molecule has 5 rings (SSSR count). The number of hydrogen-bond donors (Lipinski definition) is 2. The zero-order valence-corrected chi connectivity index (χ0v) is 17.8. The van der Waals surface area contributed by atoms with E-state index in [-0.39, 0.29) is 6.04 Å². The Morgan fingerprint density at radius 3 is 2.77 bits per heavy atom. The lowest BCUT2D eigenvalue weighted by molar-refractivity contribution is -0.0649. The average Bonchev–Trinajstić information content (AvgIpc) is 3.10. The number of aliphatic hydroxyl groups is 1. The molecule has 0 amide bonds. The number of para-hydroxylation sites is 1. The number of pyridine rings is 1. The van der Waals surface area contributed by atoms with Gasteiger partial charge >= 0.3 is 0 Å². The standard InChI is InChI=1S/C24H23ClN2O3/c1-13-8-21(25)27-18-10-17-20(11-16(13)18)30-24(2,3)23(28)22(17)26-12-15-9-14-6-4-5-7-19(14)29-15/h4-11,22-23,26,28H,12H2,1-3H3. The first kappa shape index (κ1) is 19.4. The second-order valence-corrected chi connectivity index (χ2v) is 8.82. The van der Waals surface area contributed by atoms with Crippen LogP contribution in [-0.4, -0.2) is 21.8 Å². The maximum atomic E-state index is 11.1. The maximum absolute atomic E-state index is 11.1. The highest BCUT2D eigenvalue weighted by Crippen LogP contribution is 2.42. The molecule has 0 bridgehead atoms. The van der Waals surface area contributed by atoms with Gasteiger partial charge in [-0.15, -0.1) is 0 Å². The predicted molar refractivity (Wildman–Crippen MR) is 118 cm³/mol. The van der Waals surface area contributed by atoms with E-state index < -0.39 is 11.7 Å². The zero-order valence-electron chi connectivity index (χ0n) is 17.1. The number of hydrogen-bond acceptors (Lipinski definition) is 5. The van der Waals surface area contributed by atoms with Crippen LogP contribution in [0.3, 0.4) is 0 Å². The molecule has 0 fully saturated rings. The van der Waals surface area contributed by atoms with E-state index in [2.05, 4.69) is 10.3 Å². The Labute approximate surface area is 179 Å². The fraction of sp³-hybridized carbons (Fsp3) is 0.292. The van der Waals surface area contributed by atoms with Crippen molar-refractivity contribution >= 4 is 33.5 Å². The summed E-state index contributed by atoms with van der Waals surface area (Å²) in [5, 5.41) is 17.0. The molecule has 0 spiro atoms. The number of aromatic nitrogens is 1. The minimum Gasteiger partial charge on any atom is -0.485 e. The van der Waals surface area contributed by atoms with E-state index in [0.29, 0.717) is 11.7 Å². The quantitative estimate of drug-likeness (QED) is 0.438. The van der Waals surface area contributed by atoms with Crippen LogP contribution in [0.2, 0.25) is 5.15 Å². The fourth-order valence-corrected chi connectivity index (χ4v) is 4.45. The first-order chi connectivity index (χ1) is 14.3. The van der Waals surface area contributed by atoms with Crippen LogP contribution < -0.4 is 10.1 Å². The van der Waals surface area contributed by atoms with Crippen LogP contribution in [0.4, 0.5) is 0 Å². The summed E-state index contributed by atoms with van der Waals surface area (Å²) in [5.74, 6) is 1.55. The Kier molecular flexibility index (Phi) is 4.51. The molecular formula is C24H23ClN2O3. The molecule has 1 aliphatic heterocycles. The van der Waals surface area contributed by atoms with Crippen LogP contribution in [0.5, 0.6) is 5.75 Å². The molecule has 2 aromatic heterocycles. The molecule has 2 atom stereocenters. The van der Waals surface area contributed by atoms with Crippen molar-refractivity contribution in [2.24, 2.45) is 0 Å². The third-order valence-electron chi connectivity index (χ3n) is 5.82. The number of fused-ring (bicyclic) bond motifs is 3. The third-order valence-corrected chi connectivity index (χ3v) is 6.02. The number of rotatable bonds is 3. The summed E-state index contributed by atoms with van der Waals surface area (Å²) in [6.45, 7) is 6.27. The summed E-state index contributed by atoms with van der Waals surface area (Å²) in [5.41, 5.74) is 2.78. The molecule has 2 unspecified atom stereocenters. The minimum atomic E-state index is -0.757. The summed E-state index contributed by atoms with van der Waals surface area (Å²) in [6.07, 6.45) is -0.757. The monoisotopic (exact) mass is 422 g/mol. The summed E-state index contributed by atoms with van der Waals surface area (Å²) < 4.78 is 12.1. The van der Waals surface area contributed by atoms with Gasteiger partial charge in [0.25, 0.3) is 0 Å². The molecule has 2 N–H and O–H groups in total. The van der Waals surface area contributed by atoms with Crippen molar-refractivity contribution in [1.82, 2.24) is 10.3 Å². The molecule has 0 radical (unpaired) electrons. The largest absolute Gasteiger partial charge is 0.485 e. The normalized spacial score (nSPS) is 20.3. The van der Waals surface area contributed by atoms with Gasteiger partial charge in [-0.2, -0.15) is 0 Å². The van der Waals surface area contributed by atoms with Gasteiger partial charge in [-0.25, -0.2) is 4.98 Å². The molecule has 154 valence electrons. The van der Waals surface area contributed by atoms with Crippen LogP contribution in [-0.2, 0) is 6.54 Å². The lowest BCUT2D eigenvalue weighted by Gasteiger charge is -2.42. The molecule has 0 saturated heterocycles. The van der Waals surface area contributed by atoms with Gasteiger partial charge in [0.1, 0.15) is 34.0 Å². The average molecular weight is 423 g/mol. The van der Waals surface area contributed by atoms with E-state index in [4.69, 9.17) is 20.8 Å². The van der Waals surface area contributed by atoms with E-state index in [0.717, 1.165) is 44.5 Å². The summed E-state index contributed by atoms with van der Waals surface area (Å²) in [4.78, 5) is 4.47. The van der Waals surface area contributed by atoms with Gasteiger partial charge in [-0.3, -0.25) is 0 Å². The number of nitrogens with zero attached hydrogens (tertiary/aromatic N) is 1. The van der Waals surface area contributed by atoms with Crippen molar-refractivity contribution in [2.75, 3.05) is 0 Å². The number of aliphatic hydroxyl groups excluding tert-OH is 1. The number of halogens is 1. The van der Waals surface area contributed by atoms with Crippen LogP contribution >= 0.6 is 11.6 Å². The predicted octanol–water partition coefficient (Wildman–Crippen LogP) is 5.31. The number of nitrogens with one attached hydrogen (secondary N) is 1. The molecule has 1 aliphatic rings. The third kappa shape index (κ3) is 3.23. The Balaban J connectivity index is 1.54. The number of aryl methyl sites for hydroxylation is 1. The molecule has 0 saturated carbocycles. The molecule has 3 heterocycles. The molecule has 4 aromatic rings. The van der Waals surface area contributed by atoms with Gasteiger partial charge < -0.3 is 19.6 Å². The highest BCUT2D eigenvalue weighted by Gasteiger charge is 2.43. The Hall–Kier alpha value is -2.60. The van der Waals surface area contributed by atoms with Gasteiger partial charge in [0.05, 0.1) is 18.1 Å². The number of benzene rings is 2. The van der Waals surface area contributed by atoms with Gasteiger partial charge in [0.2, 0.25) is 0 Å². The fourth-order valence-electron chi connectivity index (χ4n) is 4.20. The van der Waals surface area contributed by atoms with Crippen LogP contribution in [0.15, 0.2) is 52.9 Å². The highest BCUT2D eigenvalue weighted by atomic mass is 35.5. The number of ether oxygens (including phenoxy) is 1. The van der Waals surface area contributed by atoms with E-state index >= 15 is 0 Å². The minimum absolute atomic E-state index is 0.345. The Morgan fingerprint density at radius 2 is 1.97 bits per heavy atom. The van der Waals surface area contributed by atoms with Crippen LogP contribution in [0, 0.1) is 6.92 Å². The second-order valence-electron chi connectivity index (χ2n) is 8.43. The smallest absolute Gasteiger partial charge is 0.134 e. The van der Waals surface area contributed by atoms with Crippen molar-refractivity contribution < 1.29 is 14.3 Å². The van der Waals surface area contributed by atoms with E-state index in [9.17, 15) is 5.11 Å². The molecular weight excluding hydrogens is 400 g/mol. The lowest BCUT2D eigenvalue weighted by Crippen LogP contribution is -2.52. The molecule has 2 aromatic carbocycles. The Bertz CT molecular complexity index is 1230. The Morgan fingerprint density at radius 1 is 1.17 bits per heavy atom. The van der Waals surface area contributed by atoms with Gasteiger partial charge in [0.15, 0.2) is 0 Å². The SMILES string of the molecule is Cc1cc(Cl)nc2cc3c(cc12)OC(C)(C)C(O)C3NCc1cc2ccccc2o1. The van der Waals surface area contributed by atoms with Gasteiger partial charge in [-0.05, 0) is 56.7 Å². The highest BCUT2D eigenvalue weighted by molar-refractivity contribution is 6.29. The van der Waals surface area contributed by atoms with Crippen LogP contribution in [0.25, 0.3) is 21.9 Å². The topological polar surface area (TPSA) is 67.5 Å². The summed E-state index contributed by atoms with van der Waals surface area (Å²) in [7, 11) is 0. The summed E-state index contributed by atoms with van der Waals surface area (Å²) >= 11 is 6.18. The van der Waals surface area contributed by atoms with E-state index in [1.807, 2.05) is 69.3 Å². The maximum Gasteiger partial charge on any atom is 0.134 e. The van der Waals surface area contributed by atoms with Crippen molar-refractivity contribution in [3.8, 4) is 5.75 Å². The van der Waals surface area contributed by atoms with Gasteiger partial charge in [0, 0.05) is 16.3 Å². The first-order valence-electron chi connectivity index (χ1n) is 10.0. The lowest BCUT2D eigenvalue weighted by atomic mass is 9.85. The van der Waals surface area contributed by atoms with Crippen molar-refractivity contribution in [2.45, 2.75) is 45.1 Å². The van der Waals surface area contributed by atoms with Crippen molar-refractivity contribution in [3.63, 3.8) is 0 Å². The van der Waals surface area contributed by atoms with Crippen molar-refractivity contribution in [3.05, 3.63) is 70.6 Å². The van der Waals surface area contributed by atoms with Crippen LogP contribution in [0.1, 0.15) is 36.8 Å². The zero-order chi connectivity index (χ0) is 21.0. The van der Waals surface area contributed by atoms with E-state index in [1.54, 1.807) is 0 Å². The second kappa shape index (κ2) is 6.98. The summed E-state index contributed by atoms with van der Waals surface area (Å²) in [6, 6.07) is 15.4. The molecule has 5 nitrogen and oxygen atoms in total. The van der Waals surface area contributed by atoms with Gasteiger partial charge in [-0.1, -0.05) is 29.8 Å². The first-order valence-corrected chi connectivity index (χ1v) is 10.4. The number of furan rings is 1. The van der Waals surface area contributed by atoms with Crippen molar-refractivity contribution in [1.29, 1.82) is 0 Å². The molecule has 30 heavy (non-hydrogen) atoms. The molecule has 0 aliphatic carbocycles.